The molecular formula is C52H49Cl2F15N6O8. The number of piperazine rings is 2. The van der Waals surface area contributed by atoms with E-state index >= 15 is 0 Å². The van der Waals surface area contributed by atoms with Crippen molar-refractivity contribution in [2.24, 2.45) is 0 Å². The Morgan fingerprint density at radius 1 is 0.506 bits per heavy atom. The Hall–Kier alpha value is -7.01. The van der Waals surface area contributed by atoms with Crippen molar-refractivity contribution in [1.29, 1.82) is 0 Å². The third-order valence-electron chi connectivity index (χ3n) is 12.8. The van der Waals surface area contributed by atoms with Crippen LogP contribution in [0, 0.1) is 0 Å². The molecular weight excluding hydrogens is 1190 g/mol. The number of alkyl halides is 17. The first-order valence-corrected chi connectivity index (χ1v) is 25.2. The summed E-state index contributed by atoms with van der Waals surface area (Å²) in [5.74, 6) is -4.54. The van der Waals surface area contributed by atoms with Crippen molar-refractivity contribution < 1.29 is 104 Å². The highest BCUT2D eigenvalue weighted by molar-refractivity contribution is 6.40. The van der Waals surface area contributed by atoms with Crippen LogP contribution in [0.4, 0.5) is 70.7 Å². The second-order valence-electron chi connectivity index (χ2n) is 20.0. The van der Waals surface area contributed by atoms with Gasteiger partial charge in [-0.15, -0.1) is 23.2 Å². The number of likely N-dealkylation sites (tertiary alicyclic amines) is 1. The van der Waals surface area contributed by atoms with E-state index in [-0.39, 0.29) is 76.1 Å². The first-order valence-electron chi connectivity index (χ1n) is 24.1. The average Bonchev–Trinajstić information content (AvgIpc) is 2.96. The van der Waals surface area contributed by atoms with Gasteiger partial charge in [0.05, 0.1) is 40.7 Å². The van der Waals surface area contributed by atoms with Gasteiger partial charge in [0.2, 0.25) is 11.8 Å². The second kappa shape index (κ2) is 25.5. The van der Waals surface area contributed by atoms with Crippen molar-refractivity contribution in [2.45, 2.75) is 94.5 Å². The Kier molecular flexibility index (Phi) is 20.5. The molecule has 0 aromatic heterocycles. The molecule has 454 valence electrons. The van der Waals surface area contributed by atoms with Gasteiger partial charge < -0.3 is 39.7 Å². The standard InChI is InChI=1S/C27H27F6N3O4.C22H19F6N3O2.C2HF3O2.CH2Cl2/c1-24(2,3)40-23(39)35-15-25(16-35)22(38)34(12-17-4-8-19(9-5-17)26(28,29)30)14-21(37)36(25)13-18-6-10-20(11-7-18)27(31,32)33;23-21(24,25)16-5-1-14(2-6-16)9-30-11-18(32)31(20(19(30)33)12-29-13-20)10-15-3-7-17(8-4-15)22(26,27)28;3-2(4,5)1(6)7;2-1-3/h4-11H,12-16H2,1-3H3;1-8,29H,9-13H2;(H,6,7);1H2. The van der Waals surface area contributed by atoms with Gasteiger partial charge in [0, 0.05) is 39.3 Å². The van der Waals surface area contributed by atoms with E-state index in [1.807, 2.05) is 0 Å². The van der Waals surface area contributed by atoms with Crippen LogP contribution < -0.4 is 5.32 Å². The fraction of sp³-hybridized carbons (Fsp3) is 0.423. The molecule has 0 saturated carbocycles. The van der Waals surface area contributed by atoms with Gasteiger partial charge >= 0.3 is 42.9 Å². The number of hydrogen-bond acceptors (Lipinski definition) is 8. The highest BCUT2D eigenvalue weighted by Crippen LogP contribution is 2.39. The molecule has 31 heteroatoms. The highest BCUT2D eigenvalue weighted by Gasteiger charge is 2.61. The Bertz CT molecular complexity index is 2940. The van der Waals surface area contributed by atoms with Gasteiger partial charge in [0.25, 0.3) is 11.8 Å². The minimum Gasteiger partial charge on any atom is -0.475 e. The van der Waals surface area contributed by atoms with Crippen molar-refractivity contribution in [1.82, 2.24) is 29.8 Å². The molecule has 8 rings (SSSR count). The van der Waals surface area contributed by atoms with Crippen LogP contribution in [0.2, 0.25) is 0 Å². The zero-order chi connectivity index (χ0) is 62.5. The number of halogens is 17. The zero-order valence-corrected chi connectivity index (χ0v) is 45.0. The molecule has 4 saturated heterocycles. The molecule has 4 aliphatic heterocycles. The van der Waals surface area contributed by atoms with Crippen LogP contribution in [-0.2, 0) is 79.6 Å². The van der Waals surface area contributed by atoms with Crippen LogP contribution in [0.15, 0.2) is 97.1 Å². The number of rotatable bonds is 8. The molecule has 4 fully saturated rings. The number of ether oxygens (including phenoxy) is 1. The molecule has 83 heavy (non-hydrogen) atoms. The molecule has 0 atom stereocenters. The summed E-state index contributed by atoms with van der Waals surface area (Å²) in [6.45, 7) is 3.88. The summed E-state index contributed by atoms with van der Waals surface area (Å²) in [6.07, 6.45) is -23.8. The Labute approximate surface area is 472 Å². The summed E-state index contributed by atoms with van der Waals surface area (Å²) in [4.78, 5) is 81.2. The topological polar surface area (TPSA) is 160 Å². The van der Waals surface area contributed by atoms with Crippen molar-refractivity contribution >= 4 is 58.9 Å². The molecule has 4 aliphatic rings. The molecule has 0 unspecified atom stereocenters. The number of carboxylic acids is 1. The minimum atomic E-state index is -5.08. The van der Waals surface area contributed by atoms with Gasteiger partial charge in [-0.25, -0.2) is 9.59 Å². The van der Waals surface area contributed by atoms with Crippen LogP contribution >= 0.6 is 23.2 Å². The van der Waals surface area contributed by atoms with Gasteiger partial charge in [-0.3, -0.25) is 19.2 Å². The number of benzene rings is 4. The Morgan fingerprint density at radius 3 is 1.01 bits per heavy atom. The van der Waals surface area contributed by atoms with Crippen molar-refractivity contribution in [3.05, 3.63) is 142 Å². The van der Waals surface area contributed by atoms with Crippen LogP contribution in [0.3, 0.4) is 0 Å². The lowest BCUT2D eigenvalue weighted by atomic mass is 9.83. The monoisotopic (exact) mass is 1240 g/mol. The fourth-order valence-corrected chi connectivity index (χ4v) is 8.73. The maximum Gasteiger partial charge on any atom is 0.490 e. The molecule has 5 amide bonds. The van der Waals surface area contributed by atoms with Crippen LogP contribution in [0.5, 0.6) is 0 Å². The number of aliphatic carboxylic acids is 1. The van der Waals surface area contributed by atoms with Crippen LogP contribution in [0.1, 0.15) is 65.3 Å². The summed E-state index contributed by atoms with van der Waals surface area (Å²) in [6, 6.07) is 17.1. The number of carboxylic acid groups (broad SMARTS) is 1. The normalized spacial score (nSPS) is 17.1. The predicted octanol–water partition coefficient (Wildman–Crippen LogP) is 10.6. The molecule has 4 aromatic rings. The van der Waals surface area contributed by atoms with Crippen LogP contribution in [0.25, 0.3) is 0 Å². The van der Waals surface area contributed by atoms with E-state index in [2.05, 4.69) is 5.32 Å². The lowest BCUT2D eigenvalue weighted by molar-refractivity contribution is -0.192. The largest absolute Gasteiger partial charge is 0.490 e. The lowest BCUT2D eigenvalue weighted by Gasteiger charge is -2.57. The van der Waals surface area contributed by atoms with E-state index in [9.17, 15) is 89.8 Å². The fourth-order valence-electron chi connectivity index (χ4n) is 8.73. The van der Waals surface area contributed by atoms with E-state index < -0.39 is 100 Å². The van der Waals surface area contributed by atoms with Gasteiger partial charge in [0.1, 0.15) is 24.2 Å². The number of nitrogens with one attached hydrogen (secondary N) is 1. The Balaban J connectivity index is 0.000000264. The smallest absolute Gasteiger partial charge is 0.475 e. The van der Waals surface area contributed by atoms with E-state index in [4.69, 9.17) is 37.8 Å². The molecule has 0 aliphatic carbocycles. The van der Waals surface area contributed by atoms with E-state index in [1.165, 1.54) is 73.0 Å². The summed E-state index contributed by atoms with van der Waals surface area (Å²) >= 11 is 9.53. The number of carbonyl (C=O) groups is 6. The number of carbonyl (C=O) groups excluding carboxylic acids is 5. The van der Waals surface area contributed by atoms with Crippen molar-refractivity contribution in [3.63, 3.8) is 0 Å². The van der Waals surface area contributed by atoms with E-state index in [0.717, 1.165) is 48.5 Å². The van der Waals surface area contributed by atoms with Gasteiger partial charge in [0.15, 0.2) is 5.54 Å². The minimum absolute atomic E-state index is 0.0292. The molecule has 2 N–H and O–H groups in total. The van der Waals surface area contributed by atoms with Crippen molar-refractivity contribution in [2.75, 3.05) is 44.6 Å². The molecule has 0 radical (unpaired) electrons. The maximum atomic E-state index is 13.8. The number of hydrogen-bond donors (Lipinski definition) is 2. The Morgan fingerprint density at radius 2 is 0.771 bits per heavy atom. The zero-order valence-electron chi connectivity index (χ0n) is 43.5. The summed E-state index contributed by atoms with van der Waals surface area (Å²) < 4.78 is 192. The maximum absolute atomic E-state index is 13.8. The lowest BCUT2D eigenvalue weighted by Crippen LogP contribution is -2.81. The van der Waals surface area contributed by atoms with Gasteiger partial charge in [-0.2, -0.15) is 65.9 Å². The van der Waals surface area contributed by atoms with E-state index in [0.29, 0.717) is 22.3 Å². The third-order valence-corrected chi connectivity index (χ3v) is 12.8. The SMILES string of the molecule is CC(C)(C)OC(=O)N1CC2(C1)C(=O)N(Cc1ccc(C(F)(F)F)cc1)CC(=O)N2Cc1ccc(C(F)(F)F)cc1.ClCCl.O=C(O)C(F)(F)F.O=C1CN(Cc2ccc(C(F)(F)F)cc2)C(=O)C2(CNC2)N1Cc1ccc(C(F)(F)F)cc1. The molecule has 4 aromatic carbocycles. The summed E-state index contributed by atoms with van der Waals surface area (Å²) in [5.41, 5.74) is -5.24. The van der Waals surface area contributed by atoms with Crippen LogP contribution in [-0.4, -0.2) is 133 Å². The first-order chi connectivity index (χ1) is 38.1. The number of amides is 5. The third kappa shape index (κ3) is 16.8. The summed E-state index contributed by atoms with van der Waals surface area (Å²) in [5, 5.41) is 10.3. The molecule has 4 heterocycles. The van der Waals surface area contributed by atoms with Crippen molar-refractivity contribution in [3.8, 4) is 0 Å². The van der Waals surface area contributed by atoms with Gasteiger partial charge in [-0.05, 0) is 91.6 Å². The highest BCUT2D eigenvalue weighted by atomic mass is 35.5. The average molecular weight is 1240 g/mol. The van der Waals surface area contributed by atoms with E-state index in [1.54, 1.807) is 20.8 Å². The molecule has 14 nitrogen and oxygen atoms in total. The molecule has 0 bridgehead atoms. The molecule has 2 spiro atoms. The predicted molar refractivity (Wildman–Crippen MR) is 264 cm³/mol. The first kappa shape index (κ1) is 66.8. The quantitative estimate of drug-likeness (QED) is 0.129. The van der Waals surface area contributed by atoms with Gasteiger partial charge in [-0.1, -0.05) is 48.5 Å². The number of nitrogens with zero attached hydrogens (tertiary/aromatic N) is 5. The second-order valence-corrected chi connectivity index (χ2v) is 20.8. The summed E-state index contributed by atoms with van der Waals surface area (Å²) in [7, 11) is 0.